The van der Waals surface area contributed by atoms with Crippen molar-refractivity contribution in [3.8, 4) is 0 Å². The summed E-state index contributed by atoms with van der Waals surface area (Å²) in [6.07, 6.45) is 3.13. The van der Waals surface area contributed by atoms with E-state index in [0.29, 0.717) is 19.1 Å². The van der Waals surface area contributed by atoms with Crippen LogP contribution in [0.25, 0.3) is 0 Å². The molecule has 6 nitrogen and oxygen atoms in total. The minimum Gasteiger partial charge on any atom is -0.387 e. The van der Waals surface area contributed by atoms with Gasteiger partial charge < -0.3 is 20.2 Å². The summed E-state index contributed by atoms with van der Waals surface area (Å²) in [5, 5.41) is 13.6. The Labute approximate surface area is 130 Å². The van der Waals surface area contributed by atoms with Crippen molar-refractivity contribution in [1.29, 1.82) is 0 Å². The van der Waals surface area contributed by atoms with E-state index in [0.717, 1.165) is 49.8 Å². The van der Waals surface area contributed by atoms with Crippen LogP contribution in [0.4, 0.5) is 0 Å². The summed E-state index contributed by atoms with van der Waals surface area (Å²) < 4.78 is 0. The molecule has 1 unspecified atom stereocenters. The molecule has 2 heterocycles. The largest absolute Gasteiger partial charge is 0.387 e. The van der Waals surface area contributed by atoms with Crippen molar-refractivity contribution in [1.82, 2.24) is 15.1 Å². The van der Waals surface area contributed by atoms with Gasteiger partial charge in [-0.25, -0.2) is 0 Å². The Morgan fingerprint density at radius 2 is 2.33 bits per heavy atom. The van der Waals surface area contributed by atoms with Gasteiger partial charge in [-0.1, -0.05) is 0 Å². The molecule has 0 aromatic carbocycles. The molecule has 3 aliphatic rings. The molecule has 1 aliphatic carbocycles. The molecule has 1 amide bonds. The second-order valence-electron chi connectivity index (χ2n) is 6.17. The molecule has 3 fully saturated rings. The maximum Gasteiger partial charge on any atom is 0.242 e. The first-order valence-electron chi connectivity index (χ1n) is 7.66. The number of carbonyl (C=O) groups excluding carboxylic acids is 1. The van der Waals surface area contributed by atoms with Crippen molar-refractivity contribution in [2.24, 2.45) is 4.99 Å². The fourth-order valence-electron chi connectivity index (χ4n) is 2.95. The van der Waals surface area contributed by atoms with Gasteiger partial charge in [-0.2, -0.15) is 11.8 Å². The third-order valence-electron chi connectivity index (χ3n) is 4.41. The van der Waals surface area contributed by atoms with E-state index >= 15 is 0 Å². The highest BCUT2D eigenvalue weighted by atomic mass is 32.2. The Bertz CT molecular complexity index is 433. The maximum absolute atomic E-state index is 12.2. The standard InChI is InChI=1S/C14H24N4O2S/c1-15-13(16-9-14(20)4-7-21-10-14)17-5-6-18(11-2-3-11)12(19)8-17/h11,20H,2-10H2,1H3,(H,15,16). The van der Waals surface area contributed by atoms with E-state index in [1.54, 1.807) is 18.8 Å². The lowest BCUT2D eigenvalue weighted by molar-refractivity contribution is -0.135. The molecule has 0 aromatic heterocycles. The lowest BCUT2D eigenvalue weighted by Crippen LogP contribution is -2.57. The van der Waals surface area contributed by atoms with Gasteiger partial charge in [-0.15, -0.1) is 0 Å². The number of piperazine rings is 1. The first-order valence-corrected chi connectivity index (χ1v) is 8.82. The lowest BCUT2D eigenvalue weighted by Gasteiger charge is -2.37. The van der Waals surface area contributed by atoms with E-state index in [1.165, 1.54) is 0 Å². The van der Waals surface area contributed by atoms with Crippen LogP contribution in [-0.4, -0.2) is 83.1 Å². The van der Waals surface area contributed by atoms with Crippen molar-refractivity contribution >= 4 is 23.6 Å². The molecular formula is C14H24N4O2S. The van der Waals surface area contributed by atoms with Gasteiger partial charge in [0.1, 0.15) is 0 Å². The molecule has 2 N–H and O–H groups in total. The lowest BCUT2D eigenvalue weighted by atomic mass is 10.0. The summed E-state index contributed by atoms with van der Waals surface area (Å²) in [7, 11) is 1.73. The van der Waals surface area contributed by atoms with E-state index in [-0.39, 0.29) is 5.91 Å². The monoisotopic (exact) mass is 312 g/mol. The number of hydrogen-bond donors (Lipinski definition) is 2. The van der Waals surface area contributed by atoms with Crippen LogP contribution in [0.3, 0.4) is 0 Å². The zero-order valence-corrected chi connectivity index (χ0v) is 13.4. The zero-order chi connectivity index (χ0) is 14.9. The molecule has 2 aliphatic heterocycles. The molecule has 7 heteroatoms. The van der Waals surface area contributed by atoms with Crippen molar-refractivity contribution < 1.29 is 9.90 Å². The minimum atomic E-state index is -0.638. The van der Waals surface area contributed by atoms with Gasteiger partial charge in [0, 0.05) is 38.5 Å². The topological polar surface area (TPSA) is 68.2 Å². The molecule has 21 heavy (non-hydrogen) atoms. The van der Waals surface area contributed by atoms with Crippen molar-refractivity contribution in [2.45, 2.75) is 30.9 Å². The molecule has 1 atom stereocenters. The minimum absolute atomic E-state index is 0.196. The highest BCUT2D eigenvalue weighted by Gasteiger charge is 2.37. The van der Waals surface area contributed by atoms with E-state index in [9.17, 15) is 9.90 Å². The van der Waals surface area contributed by atoms with Crippen molar-refractivity contribution in [2.75, 3.05) is 44.7 Å². The fourth-order valence-corrected chi connectivity index (χ4v) is 4.25. The number of aliphatic hydroxyl groups is 1. The van der Waals surface area contributed by atoms with Gasteiger partial charge in [-0.3, -0.25) is 9.79 Å². The Kier molecular flexibility index (Phi) is 4.31. The van der Waals surface area contributed by atoms with Gasteiger partial charge in [0.05, 0.1) is 12.1 Å². The number of nitrogens with zero attached hydrogens (tertiary/aromatic N) is 3. The molecule has 1 saturated carbocycles. The zero-order valence-electron chi connectivity index (χ0n) is 12.5. The normalized spacial score (nSPS) is 31.0. The summed E-state index contributed by atoms with van der Waals surface area (Å²) in [4.78, 5) is 20.4. The van der Waals surface area contributed by atoms with Crippen LogP contribution in [0.2, 0.25) is 0 Å². The van der Waals surface area contributed by atoms with Gasteiger partial charge >= 0.3 is 0 Å². The molecule has 2 saturated heterocycles. The highest BCUT2D eigenvalue weighted by Crippen LogP contribution is 2.28. The van der Waals surface area contributed by atoms with Crippen LogP contribution in [0.5, 0.6) is 0 Å². The number of guanidine groups is 1. The SMILES string of the molecule is CN=C(NCC1(O)CCSC1)N1CCN(C2CC2)C(=O)C1. The van der Waals surface area contributed by atoms with E-state index in [4.69, 9.17) is 0 Å². The second kappa shape index (κ2) is 6.04. The van der Waals surface area contributed by atoms with E-state index < -0.39 is 5.60 Å². The summed E-state index contributed by atoms with van der Waals surface area (Å²) >= 11 is 1.78. The van der Waals surface area contributed by atoms with Gasteiger partial charge in [-0.05, 0) is 25.0 Å². The first-order chi connectivity index (χ1) is 10.1. The van der Waals surface area contributed by atoms with Crippen LogP contribution >= 0.6 is 11.8 Å². The van der Waals surface area contributed by atoms with Crippen molar-refractivity contribution in [3.63, 3.8) is 0 Å². The van der Waals surface area contributed by atoms with E-state index in [2.05, 4.69) is 10.3 Å². The summed E-state index contributed by atoms with van der Waals surface area (Å²) in [5.74, 6) is 2.70. The average molecular weight is 312 g/mol. The Hall–Kier alpha value is -0.950. The van der Waals surface area contributed by atoms with Gasteiger partial charge in [0.25, 0.3) is 0 Å². The average Bonchev–Trinajstić information content (AvgIpc) is 3.22. The van der Waals surface area contributed by atoms with Crippen LogP contribution in [0.1, 0.15) is 19.3 Å². The number of nitrogens with one attached hydrogen (secondary N) is 1. The molecule has 3 rings (SSSR count). The summed E-state index contributed by atoms with van der Waals surface area (Å²) in [5.41, 5.74) is -0.638. The molecule has 0 radical (unpaired) electrons. The predicted octanol–water partition coefficient (Wildman–Crippen LogP) is -0.264. The number of rotatable bonds is 3. The van der Waals surface area contributed by atoms with Gasteiger partial charge in [0.2, 0.25) is 5.91 Å². The highest BCUT2D eigenvalue weighted by molar-refractivity contribution is 7.99. The van der Waals surface area contributed by atoms with Crippen LogP contribution < -0.4 is 5.32 Å². The third kappa shape index (κ3) is 3.45. The number of amides is 1. The number of hydrogen-bond acceptors (Lipinski definition) is 4. The van der Waals surface area contributed by atoms with Crippen LogP contribution in [0, 0.1) is 0 Å². The van der Waals surface area contributed by atoms with Crippen LogP contribution in [-0.2, 0) is 4.79 Å². The molecule has 0 aromatic rings. The molecule has 0 spiro atoms. The number of aliphatic imine (C=N–C) groups is 1. The quantitative estimate of drug-likeness (QED) is 0.555. The van der Waals surface area contributed by atoms with E-state index in [1.807, 2.05) is 9.80 Å². The first kappa shape index (κ1) is 15.0. The number of carbonyl (C=O) groups is 1. The summed E-state index contributed by atoms with van der Waals surface area (Å²) in [6, 6.07) is 0.492. The third-order valence-corrected chi connectivity index (χ3v) is 5.65. The fraction of sp³-hybridized carbons (Fsp3) is 0.857. The predicted molar refractivity (Wildman–Crippen MR) is 84.6 cm³/mol. The maximum atomic E-state index is 12.2. The number of thioether (sulfide) groups is 1. The Morgan fingerprint density at radius 1 is 1.52 bits per heavy atom. The molecule has 0 bridgehead atoms. The molecular weight excluding hydrogens is 288 g/mol. The second-order valence-corrected chi connectivity index (χ2v) is 7.27. The van der Waals surface area contributed by atoms with Crippen molar-refractivity contribution in [3.05, 3.63) is 0 Å². The Morgan fingerprint density at radius 3 is 2.90 bits per heavy atom. The summed E-state index contributed by atoms with van der Waals surface area (Å²) in [6.45, 7) is 2.49. The smallest absolute Gasteiger partial charge is 0.242 e. The van der Waals surface area contributed by atoms with Gasteiger partial charge in [0.15, 0.2) is 5.96 Å². The van der Waals surface area contributed by atoms with Crippen LogP contribution in [0.15, 0.2) is 4.99 Å². The Balaban J connectivity index is 1.53. The molecule has 118 valence electrons.